The van der Waals surface area contributed by atoms with E-state index in [0.717, 1.165) is 11.3 Å². The molecule has 0 spiro atoms. The predicted octanol–water partition coefficient (Wildman–Crippen LogP) is 2.28. The van der Waals surface area contributed by atoms with Crippen molar-refractivity contribution in [3.8, 4) is 0 Å². The van der Waals surface area contributed by atoms with Gasteiger partial charge in [0.1, 0.15) is 6.04 Å². The number of carboxylic acid groups (broad SMARTS) is 1. The van der Waals surface area contributed by atoms with E-state index in [4.69, 9.17) is 5.11 Å². The Morgan fingerprint density at radius 2 is 1.87 bits per heavy atom. The number of nitrogens with one attached hydrogen (secondary N) is 2. The number of hydrogen-bond acceptors (Lipinski definition) is 3. The lowest BCUT2D eigenvalue weighted by atomic mass is 10.1. The molecule has 1 aliphatic heterocycles. The molecule has 0 aromatic heterocycles. The van der Waals surface area contributed by atoms with Crippen LogP contribution in [0.1, 0.15) is 5.56 Å². The Hall–Kier alpha value is -3.02. The van der Waals surface area contributed by atoms with E-state index in [0.29, 0.717) is 12.2 Å². The Morgan fingerprint density at radius 1 is 1.17 bits per heavy atom. The Balaban J connectivity index is 1.93. The van der Waals surface area contributed by atoms with E-state index in [-0.39, 0.29) is 12.5 Å². The Bertz CT molecular complexity index is 718. The number of anilines is 2. The summed E-state index contributed by atoms with van der Waals surface area (Å²) >= 11 is 0. The molecule has 0 unspecified atom stereocenters. The highest BCUT2D eigenvalue weighted by atomic mass is 16.4. The number of fused-ring (bicyclic) bond motifs is 1. The number of amides is 2. The number of rotatable bonds is 3. The summed E-state index contributed by atoms with van der Waals surface area (Å²) in [5, 5.41) is 14.0. The fraction of sp³-hybridized carbons (Fsp3) is 0.176. The van der Waals surface area contributed by atoms with Crippen molar-refractivity contribution in [3.63, 3.8) is 0 Å². The average Bonchev–Trinajstić information content (AvgIpc) is 2.66. The van der Waals surface area contributed by atoms with Gasteiger partial charge < -0.3 is 20.6 Å². The lowest BCUT2D eigenvalue weighted by Crippen LogP contribution is -2.48. The van der Waals surface area contributed by atoms with E-state index in [1.165, 1.54) is 0 Å². The summed E-state index contributed by atoms with van der Waals surface area (Å²) in [6.45, 7) is 0.856. The van der Waals surface area contributed by atoms with Crippen LogP contribution in [0.2, 0.25) is 0 Å². The maximum absolute atomic E-state index is 12.2. The molecule has 3 rings (SSSR count). The first-order valence-corrected chi connectivity index (χ1v) is 7.32. The highest BCUT2D eigenvalue weighted by molar-refractivity contribution is 6.00. The predicted molar refractivity (Wildman–Crippen MR) is 87.5 cm³/mol. The van der Waals surface area contributed by atoms with Gasteiger partial charge in [-0.25, -0.2) is 4.79 Å². The second-order valence-electron chi connectivity index (χ2n) is 5.37. The van der Waals surface area contributed by atoms with Gasteiger partial charge in [0, 0.05) is 13.1 Å². The van der Waals surface area contributed by atoms with Gasteiger partial charge in [0.2, 0.25) is 5.91 Å². The van der Waals surface area contributed by atoms with Crippen LogP contribution in [0.25, 0.3) is 0 Å². The number of carbonyl (C=O) groups is 2. The lowest BCUT2D eigenvalue weighted by Gasteiger charge is -2.26. The fourth-order valence-corrected chi connectivity index (χ4v) is 2.69. The van der Waals surface area contributed by atoms with Gasteiger partial charge in [-0.15, -0.1) is 0 Å². The van der Waals surface area contributed by atoms with Crippen molar-refractivity contribution in [2.45, 2.75) is 12.6 Å². The molecule has 23 heavy (non-hydrogen) atoms. The average molecular weight is 311 g/mol. The van der Waals surface area contributed by atoms with Gasteiger partial charge in [-0.05, 0) is 17.7 Å². The molecular weight excluding hydrogens is 294 g/mol. The summed E-state index contributed by atoms with van der Waals surface area (Å²) in [6.07, 6.45) is -1.21. The monoisotopic (exact) mass is 311 g/mol. The van der Waals surface area contributed by atoms with Crippen LogP contribution in [0, 0.1) is 0 Å². The van der Waals surface area contributed by atoms with E-state index in [2.05, 4.69) is 10.6 Å². The van der Waals surface area contributed by atoms with Crippen LogP contribution in [-0.4, -0.2) is 29.7 Å². The van der Waals surface area contributed by atoms with Gasteiger partial charge in [-0.3, -0.25) is 4.79 Å². The normalized spacial score (nSPS) is 17.0. The van der Waals surface area contributed by atoms with Crippen LogP contribution in [0.4, 0.5) is 16.2 Å². The van der Waals surface area contributed by atoms with Crippen molar-refractivity contribution in [3.05, 3.63) is 60.2 Å². The number of benzene rings is 2. The molecule has 6 heteroatoms. The topological polar surface area (TPSA) is 81.7 Å². The molecule has 6 nitrogen and oxygen atoms in total. The molecule has 2 aromatic carbocycles. The maximum atomic E-state index is 12.2. The third-order valence-electron chi connectivity index (χ3n) is 3.74. The molecule has 118 valence electrons. The smallest absolute Gasteiger partial charge is 0.405 e. The van der Waals surface area contributed by atoms with E-state index in [1.54, 1.807) is 0 Å². The molecule has 0 aliphatic carbocycles. The summed E-state index contributed by atoms with van der Waals surface area (Å²) in [4.78, 5) is 25.2. The van der Waals surface area contributed by atoms with Crippen molar-refractivity contribution >= 4 is 23.4 Å². The van der Waals surface area contributed by atoms with E-state index >= 15 is 0 Å². The van der Waals surface area contributed by atoms with Crippen molar-refractivity contribution in [1.82, 2.24) is 5.32 Å². The van der Waals surface area contributed by atoms with Crippen LogP contribution in [-0.2, 0) is 11.3 Å². The molecule has 1 atom stereocenters. The first-order chi connectivity index (χ1) is 11.1. The largest absolute Gasteiger partial charge is 0.465 e. The van der Waals surface area contributed by atoms with Gasteiger partial charge in [-0.1, -0.05) is 42.5 Å². The highest BCUT2D eigenvalue weighted by Gasteiger charge is 2.29. The highest BCUT2D eigenvalue weighted by Crippen LogP contribution is 2.29. The fourth-order valence-electron chi connectivity index (χ4n) is 2.69. The maximum Gasteiger partial charge on any atom is 0.405 e. The first kappa shape index (κ1) is 14.9. The molecule has 2 amide bonds. The molecule has 0 bridgehead atoms. The van der Waals surface area contributed by atoms with Crippen molar-refractivity contribution in [2.75, 3.05) is 16.8 Å². The summed E-state index contributed by atoms with van der Waals surface area (Å²) in [7, 11) is 0. The SMILES string of the molecule is O=C(O)N[C@H]1CN(Cc2ccccc2)c2ccccc2NC1=O. The molecule has 2 aromatic rings. The van der Waals surface area contributed by atoms with E-state index in [1.807, 2.05) is 59.5 Å². The van der Waals surface area contributed by atoms with Crippen LogP contribution in [0.5, 0.6) is 0 Å². The number of nitrogens with zero attached hydrogens (tertiary/aromatic N) is 1. The number of hydrogen-bond donors (Lipinski definition) is 3. The number of carbonyl (C=O) groups excluding carboxylic acids is 1. The van der Waals surface area contributed by atoms with Gasteiger partial charge in [0.15, 0.2) is 0 Å². The van der Waals surface area contributed by atoms with Crippen LogP contribution < -0.4 is 15.5 Å². The van der Waals surface area contributed by atoms with Crippen LogP contribution >= 0.6 is 0 Å². The molecule has 0 fully saturated rings. The molecule has 1 heterocycles. The Labute approximate surface area is 133 Å². The summed E-state index contributed by atoms with van der Waals surface area (Å²) < 4.78 is 0. The standard InChI is InChI=1S/C17H17N3O3/c21-16-14(19-17(22)23)11-20(10-12-6-2-1-3-7-12)15-9-5-4-8-13(15)18-16/h1-9,14,19H,10-11H2,(H,18,21)(H,22,23)/t14-/m0/s1. The zero-order chi connectivity index (χ0) is 16.2. The van der Waals surface area contributed by atoms with E-state index < -0.39 is 12.1 Å². The Kier molecular flexibility index (Phi) is 4.14. The van der Waals surface area contributed by atoms with Crippen molar-refractivity contribution < 1.29 is 14.7 Å². The van der Waals surface area contributed by atoms with Gasteiger partial charge in [-0.2, -0.15) is 0 Å². The van der Waals surface area contributed by atoms with Crippen LogP contribution in [0.15, 0.2) is 54.6 Å². The molecule has 0 radical (unpaired) electrons. The minimum atomic E-state index is -1.21. The number of para-hydroxylation sites is 2. The quantitative estimate of drug-likeness (QED) is 0.812. The van der Waals surface area contributed by atoms with Crippen LogP contribution in [0.3, 0.4) is 0 Å². The first-order valence-electron chi connectivity index (χ1n) is 7.32. The van der Waals surface area contributed by atoms with Gasteiger partial charge in [0.05, 0.1) is 11.4 Å². The molecule has 0 saturated carbocycles. The second-order valence-corrected chi connectivity index (χ2v) is 5.37. The van der Waals surface area contributed by atoms with Gasteiger partial charge >= 0.3 is 6.09 Å². The lowest BCUT2D eigenvalue weighted by molar-refractivity contribution is -0.117. The summed E-state index contributed by atoms with van der Waals surface area (Å²) in [5.41, 5.74) is 2.65. The zero-order valence-electron chi connectivity index (χ0n) is 12.4. The second kappa shape index (κ2) is 6.39. The molecule has 1 aliphatic rings. The molecule has 0 saturated heterocycles. The van der Waals surface area contributed by atoms with E-state index in [9.17, 15) is 9.59 Å². The minimum Gasteiger partial charge on any atom is -0.465 e. The third kappa shape index (κ3) is 3.42. The zero-order valence-corrected chi connectivity index (χ0v) is 12.4. The summed E-state index contributed by atoms with van der Waals surface area (Å²) in [5.74, 6) is -0.351. The third-order valence-corrected chi connectivity index (χ3v) is 3.74. The molecule has 3 N–H and O–H groups in total. The summed E-state index contributed by atoms with van der Waals surface area (Å²) in [6, 6.07) is 16.5. The minimum absolute atomic E-state index is 0.268. The van der Waals surface area contributed by atoms with Gasteiger partial charge in [0.25, 0.3) is 0 Å². The Morgan fingerprint density at radius 3 is 2.61 bits per heavy atom. The molecular formula is C17H17N3O3. The van der Waals surface area contributed by atoms with Crippen molar-refractivity contribution in [2.24, 2.45) is 0 Å². The van der Waals surface area contributed by atoms with Crippen molar-refractivity contribution in [1.29, 1.82) is 0 Å².